The molecule has 0 aromatic carbocycles. The molecule has 0 radical (unpaired) electrons. The lowest BCUT2D eigenvalue weighted by Crippen LogP contribution is -1.83. The topological polar surface area (TPSA) is 67.6 Å². The van der Waals surface area contributed by atoms with Crippen molar-refractivity contribution in [2.75, 3.05) is 0 Å². The predicted molar refractivity (Wildman–Crippen MR) is 75.1 cm³/mol. The van der Waals surface area contributed by atoms with E-state index in [4.69, 9.17) is 4.42 Å². The lowest BCUT2D eigenvalue weighted by molar-refractivity contribution is 0.464. The highest BCUT2D eigenvalue weighted by atomic mass is 32.2. The molecule has 7 heteroatoms. The van der Waals surface area contributed by atoms with Crippen LogP contribution in [0.15, 0.2) is 33.3 Å². The lowest BCUT2D eigenvalue weighted by atomic mass is 10.4. The number of hydrogen-bond donors (Lipinski definition) is 1. The molecule has 5 nitrogen and oxygen atoms in total. The first-order chi connectivity index (χ1) is 9.35. The monoisotopic (exact) mass is 292 g/mol. The van der Waals surface area contributed by atoms with Crippen molar-refractivity contribution in [3.05, 3.63) is 34.4 Å². The summed E-state index contributed by atoms with van der Waals surface area (Å²) in [6.45, 7) is 2.11. The van der Waals surface area contributed by atoms with E-state index in [0.29, 0.717) is 11.1 Å². The summed E-state index contributed by atoms with van der Waals surface area (Å²) in [7, 11) is 0. The van der Waals surface area contributed by atoms with Crippen molar-refractivity contribution >= 4 is 23.1 Å². The van der Waals surface area contributed by atoms with Gasteiger partial charge in [0, 0.05) is 17.3 Å². The summed E-state index contributed by atoms with van der Waals surface area (Å²) < 4.78 is 5.57. The molecule has 0 fully saturated rings. The number of aryl methyl sites for hydroxylation is 1. The van der Waals surface area contributed by atoms with Crippen LogP contribution in [0.2, 0.25) is 0 Å². The van der Waals surface area contributed by atoms with Gasteiger partial charge in [-0.1, -0.05) is 18.7 Å². The van der Waals surface area contributed by atoms with Gasteiger partial charge in [0.05, 0.1) is 10.7 Å². The van der Waals surface area contributed by atoms with E-state index in [1.54, 1.807) is 11.3 Å². The molecule has 0 aliphatic rings. The first kappa shape index (κ1) is 12.4. The van der Waals surface area contributed by atoms with Crippen molar-refractivity contribution in [2.24, 2.45) is 0 Å². The van der Waals surface area contributed by atoms with Crippen LogP contribution in [0, 0.1) is 0 Å². The van der Waals surface area contributed by atoms with Gasteiger partial charge in [0.2, 0.25) is 0 Å². The second-order valence-corrected chi connectivity index (χ2v) is 5.70. The number of nitrogens with zero attached hydrogens (tertiary/aromatic N) is 3. The zero-order valence-electron chi connectivity index (χ0n) is 10.3. The molecule has 0 atom stereocenters. The van der Waals surface area contributed by atoms with Gasteiger partial charge in [-0.05, 0) is 18.6 Å². The van der Waals surface area contributed by atoms with Gasteiger partial charge in [-0.2, -0.15) is 0 Å². The fourth-order valence-electron chi connectivity index (χ4n) is 1.55. The average molecular weight is 292 g/mol. The van der Waals surface area contributed by atoms with Crippen molar-refractivity contribution < 1.29 is 4.42 Å². The van der Waals surface area contributed by atoms with Crippen LogP contribution in [-0.2, 0) is 12.2 Å². The standard InChI is InChI=1S/C12H12N4OS2/c1-2-10-14-8(6-18-10)7-19-12-16-15-11(17-12)9-4-3-5-13-9/h3-6,13H,2,7H2,1H3. The Morgan fingerprint density at radius 1 is 1.42 bits per heavy atom. The van der Waals surface area contributed by atoms with E-state index in [9.17, 15) is 0 Å². The molecule has 0 spiro atoms. The lowest BCUT2D eigenvalue weighted by Gasteiger charge is -1.92. The molecular weight excluding hydrogens is 280 g/mol. The Bertz CT molecular complexity index is 644. The normalized spacial score (nSPS) is 11.0. The number of thioether (sulfide) groups is 1. The number of H-pyrrole nitrogens is 1. The van der Waals surface area contributed by atoms with Crippen LogP contribution in [-0.4, -0.2) is 20.2 Å². The quantitative estimate of drug-likeness (QED) is 0.730. The second-order valence-electron chi connectivity index (χ2n) is 3.83. The molecule has 3 aromatic heterocycles. The van der Waals surface area contributed by atoms with Crippen molar-refractivity contribution in [3.63, 3.8) is 0 Å². The van der Waals surface area contributed by atoms with E-state index in [1.165, 1.54) is 11.8 Å². The highest BCUT2D eigenvalue weighted by Crippen LogP contribution is 2.25. The maximum absolute atomic E-state index is 5.57. The van der Waals surface area contributed by atoms with Crippen LogP contribution in [0.25, 0.3) is 11.6 Å². The predicted octanol–water partition coefficient (Wildman–Crippen LogP) is 3.38. The number of aromatic nitrogens is 4. The Morgan fingerprint density at radius 2 is 2.37 bits per heavy atom. The molecule has 3 aromatic rings. The second kappa shape index (κ2) is 5.58. The highest BCUT2D eigenvalue weighted by molar-refractivity contribution is 7.98. The highest BCUT2D eigenvalue weighted by Gasteiger charge is 2.10. The molecule has 3 heterocycles. The van der Waals surface area contributed by atoms with Gasteiger partial charge in [0.25, 0.3) is 11.1 Å². The number of aromatic amines is 1. The molecule has 0 aliphatic heterocycles. The van der Waals surface area contributed by atoms with E-state index in [1.807, 2.05) is 18.3 Å². The Hall–Kier alpha value is -1.60. The molecule has 1 N–H and O–H groups in total. The first-order valence-electron chi connectivity index (χ1n) is 5.88. The first-order valence-corrected chi connectivity index (χ1v) is 7.75. The molecule has 0 saturated carbocycles. The van der Waals surface area contributed by atoms with Crippen LogP contribution < -0.4 is 0 Å². The van der Waals surface area contributed by atoms with Crippen molar-refractivity contribution in [1.82, 2.24) is 20.2 Å². The SMILES string of the molecule is CCc1nc(CSc2nnc(-c3ccc[nH]3)o2)cs1. The molecule has 98 valence electrons. The molecule has 0 unspecified atom stereocenters. The van der Waals surface area contributed by atoms with Gasteiger partial charge in [-0.3, -0.25) is 0 Å². The summed E-state index contributed by atoms with van der Waals surface area (Å²) in [5, 5.41) is 11.8. The molecule has 3 rings (SSSR count). The largest absolute Gasteiger partial charge is 0.410 e. The maximum Gasteiger partial charge on any atom is 0.277 e. The van der Waals surface area contributed by atoms with Crippen LogP contribution in [0.4, 0.5) is 0 Å². The Balaban J connectivity index is 1.64. The van der Waals surface area contributed by atoms with Gasteiger partial charge in [-0.15, -0.1) is 21.5 Å². The zero-order chi connectivity index (χ0) is 13.1. The van der Waals surface area contributed by atoms with Gasteiger partial charge < -0.3 is 9.40 Å². The van der Waals surface area contributed by atoms with Crippen molar-refractivity contribution in [1.29, 1.82) is 0 Å². The van der Waals surface area contributed by atoms with Crippen molar-refractivity contribution in [2.45, 2.75) is 24.3 Å². The van der Waals surface area contributed by atoms with E-state index in [0.717, 1.165) is 28.6 Å². The molecular formula is C12H12N4OS2. The molecule has 0 saturated heterocycles. The summed E-state index contributed by atoms with van der Waals surface area (Å²) in [4.78, 5) is 7.54. The number of thiazole rings is 1. The fraction of sp³-hybridized carbons (Fsp3) is 0.250. The summed E-state index contributed by atoms with van der Waals surface area (Å²) in [6.07, 6.45) is 2.81. The van der Waals surface area contributed by atoms with E-state index < -0.39 is 0 Å². The third kappa shape index (κ3) is 2.87. The summed E-state index contributed by atoms with van der Waals surface area (Å²) in [6, 6.07) is 3.80. The molecule has 0 bridgehead atoms. The molecule has 19 heavy (non-hydrogen) atoms. The molecule has 0 amide bonds. The minimum atomic E-state index is 0.514. The summed E-state index contributed by atoms with van der Waals surface area (Å²) in [5.41, 5.74) is 1.90. The van der Waals surface area contributed by atoms with Gasteiger partial charge >= 0.3 is 0 Å². The number of nitrogens with one attached hydrogen (secondary N) is 1. The number of rotatable bonds is 5. The van der Waals surface area contributed by atoms with Gasteiger partial charge in [0.15, 0.2) is 0 Å². The van der Waals surface area contributed by atoms with Gasteiger partial charge in [-0.25, -0.2) is 4.98 Å². The van der Waals surface area contributed by atoms with Gasteiger partial charge in [0.1, 0.15) is 5.69 Å². The minimum absolute atomic E-state index is 0.514. The fourth-order valence-corrected chi connectivity index (χ4v) is 3.06. The molecule has 0 aliphatic carbocycles. The van der Waals surface area contributed by atoms with E-state index in [2.05, 4.69) is 32.5 Å². The Kier molecular flexibility index (Phi) is 3.65. The summed E-state index contributed by atoms with van der Waals surface area (Å²) >= 11 is 3.20. The third-order valence-electron chi connectivity index (χ3n) is 2.48. The third-order valence-corrected chi connectivity index (χ3v) is 4.37. The van der Waals surface area contributed by atoms with Crippen molar-refractivity contribution in [3.8, 4) is 11.6 Å². The smallest absolute Gasteiger partial charge is 0.277 e. The van der Waals surface area contributed by atoms with E-state index in [-0.39, 0.29) is 0 Å². The van der Waals surface area contributed by atoms with Crippen LogP contribution in [0.1, 0.15) is 17.6 Å². The Labute approximate surface area is 118 Å². The van der Waals surface area contributed by atoms with E-state index >= 15 is 0 Å². The van der Waals surface area contributed by atoms with Crippen LogP contribution in [0.5, 0.6) is 0 Å². The summed E-state index contributed by atoms with van der Waals surface area (Å²) in [5.74, 6) is 1.27. The maximum atomic E-state index is 5.57. The van der Waals surface area contributed by atoms with Crippen LogP contribution in [0.3, 0.4) is 0 Å². The Morgan fingerprint density at radius 3 is 3.11 bits per heavy atom. The zero-order valence-corrected chi connectivity index (χ0v) is 11.9. The average Bonchev–Trinajstić information content (AvgIpc) is 3.16. The van der Waals surface area contributed by atoms with Crippen LogP contribution >= 0.6 is 23.1 Å². The minimum Gasteiger partial charge on any atom is -0.410 e. The number of hydrogen-bond acceptors (Lipinski definition) is 6.